The maximum absolute atomic E-state index is 11.9. The Morgan fingerprint density at radius 3 is 2.41 bits per heavy atom. The molecule has 1 heterocycles. The lowest BCUT2D eigenvalue weighted by Crippen LogP contribution is -2.39. The van der Waals surface area contributed by atoms with Gasteiger partial charge in [-0.05, 0) is 44.4 Å². The van der Waals surface area contributed by atoms with Crippen molar-refractivity contribution in [1.82, 2.24) is 4.90 Å². The van der Waals surface area contributed by atoms with Gasteiger partial charge in [-0.2, -0.15) is 0 Å². The van der Waals surface area contributed by atoms with Crippen LogP contribution in [0.4, 0.5) is 0 Å². The number of methoxy groups -OCH3 is 2. The van der Waals surface area contributed by atoms with Crippen molar-refractivity contribution in [2.24, 2.45) is 0 Å². The highest BCUT2D eigenvalue weighted by Crippen LogP contribution is 2.40. The van der Waals surface area contributed by atoms with Crippen molar-refractivity contribution in [2.45, 2.75) is 38.8 Å². The molecule has 0 saturated carbocycles. The van der Waals surface area contributed by atoms with Gasteiger partial charge >= 0.3 is 5.97 Å². The van der Waals surface area contributed by atoms with E-state index in [2.05, 4.69) is 36.9 Å². The van der Waals surface area contributed by atoms with E-state index in [0.29, 0.717) is 17.9 Å². The zero-order valence-electron chi connectivity index (χ0n) is 16.4. The number of benzene rings is 2. The molecule has 2 atom stereocenters. The molecule has 0 aromatic heterocycles. The van der Waals surface area contributed by atoms with Gasteiger partial charge in [0.15, 0.2) is 0 Å². The zero-order chi connectivity index (χ0) is 19.6. The number of carboxylic acid groups (broad SMARTS) is 1. The van der Waals surface area contributed by atoms with Crippen LogP contribution in [0.25, 0.3) is 0 Å². The molecule has 5 heteroatoms. The van der Waals surface area contributed by atoms with Crippen molar-refractivity contribution in [3.63, 3.8) is 0 Å². The lowest BCUT2D eigenvalue weighted by atomic mass is 9.93. The highest BCUT2D eigenvalue weighted by atomic mass is 16.5. The molecule has 1 saturated heterocycles. The van der Waals surface area contributed by atoms with Gasteiger partial charge in [0.2, 0.25) is 0 Å². The molecule has 3 rings (SSSR count). The molecule has 2 unspecified atom stereocenters. The normalized spacial score (nSPS) is 18.3. The summed E-state index contributed by atoms with van der Waals surface area (Å²) in [4.78, 5) is 14.0. The molecule has 5 nitrogen and oxygen atoms in total. The predicted molar refractivity (Wildman–Crippen MR) is 105 cm³/mol. The number of aliphatic carboxylic acids is 1. The Bertz CT molecular complexity index is 813. The number of aryl methyl sites for hydroxylation is 2. The summed E-state index contributed by atoms with van der Waals surface area (Å²) >= 11 is 0. The fourth-order valence-electron chi connectivity index (χ4n) is 4.13. The van der Waals surface area contributed by atoms with Gasteiger partial charge in [0.05, 0.1) is 20.3 Å². The molecule has 0 bridgehead atoms. The molecular formula is C22H27NO4. The standard InChI is InChI=1S/C22H27NO4/c1-14-10-15(2)12-16(11-14)21(23-9-5-6-19(23)22(24)25)18-8-7-17(26-3)13-20(18)27-4/h7-8,10-13,19,21H,5-6,9H2,1-4H3,(H,24,25). The molecule has 1 N–H and O–H groups in total. The summed E-state index contributed by atoms with van der Waals surface area (Å²) in [6.45, 7) is 4.87. The summed E-state index contributed by atoms with van der Waals surface area (Å²) in [7, 11) is 3.26. The summed E-state index contributed by atoms with van der Waals surface area (Å²) in [5.41, 5.74) is 4.36. The molecule has 1 aliphatic rings. The van der Waals surface area contributed by atoms with E-state index in [1.807, 2.05) is 18.2 Å². The molecule has 0 spiro atoms. The first kappa shape index (κ1) is 19.2. The predicted octanol–water partition coefficient (Wildman–Crippen LogP) is 3.96. The lowest BCUT2D eigenvalue weighted by Gasteiger charge is -2.33. The first-order valence-electron chi connectivity index (χ1n) is 9.23. The Morgan fingerprint density at radius 2 is 1.81 bits per heavy atom. The van der Waals surface area contributed by atoms with Crippen LogP contribution in [0.2, 0.25) is 0 Å². The van der Waals surface area contributed by atoms with Crippen molar-refractivity contribution in [2.75, 3.05) is 20.8 Å². The third-order valence-corrected chi connectivity index (χ3v) is 5.21. The summed E-state index contributed by atoms with van der Waals surface area (Å²) in [6.07, 6.45) is 1.53. The van der Waals surface area contributed by atoms with E-state index in [-0.39, 0.29) is 6.04 Å². The van der Waals surface area contributed by atoms with Crippen LogP contribution in [0.15, 0.2) is 36.4 Å². The van der Waals surface area contributed by atoms with Crippen LogP contribution >= 0.6 is 0 Å². The number of hydrogen-bond donors (Lipinski definition) is 1. The number of carbonyl (C=O) groups is 1. The molecular weight excluding hydrogens is 342 g/mol. The maximum atomic E-state index is 11.9. The van der Waals surface area contributed by atoms with E-state index in [9.17, 15) is 9.90 Å². The van der Waals surface area contributed by atoms with E-state index in [4.69, 9.17) is 9.47 Å². The molecule has 1 fully saturated rings. The van der Waals surface area contributed by atoms with Crippen molar-refractivity contribution in [3.05, 3.63) is 58.7 Å². The number of carboxylic acids is 1. The first-order chi connectivity index (χ1) is 12.9. The fraction of sp³-hybridized carbons (Fsp3) is 0.409. The van der Waals surface area contributed by atoms with Crippen molar-refractivity contribution in [3.8, 4) is 11.5 Å². The van der Waals surface area contributed by atoms with Crippen LogP contribution in [0, 0.1) is 13.8 Å². The maximum Gasteiger partial charge on any atom is 0.320 e. The van der Waals surface area contributed by atoms with Crippen LogP contribution in [-0.4, -0.2) is 42.8 Å². The summed E-state index contributed by atoms with van der Waals surface area (Å²) in [5.74, 6) is 0.648. The summed E-state index contributed by atoms with van der Waals surface area (Å²) < 4.78 is 11.0. The van der Waals surface area contributed by atoms with Gasteiger partial charge in [0.1, 0.15) is 17.5 Å². The quantitative estimate of drug-likeness (QED) is 0.835. The van der Waals surface area contributed by atoms with Crippen molar-refractivity contribution in [1.29, 1.82) is 0 Å². The number of hydrogen-bond acceptors (Lipinski definition) is 4. The Kier molecular flexibility index (Phi) is 5.71. The average Bonchev–Trinajstić information content (AvgIpc) is 3.11. The van der Waals surface area contributed by atoms with Crippen LogP contribution < -0.4 is 9.47 Å². The van der Waals surface area contributed by atoms with Crippen molar-refractivity contribution < 1.29 is 19.4 Å². The Labute approximate surface area is 160 Å². The fourth-order valence-corrected chi connectivity index (χ4v) is 4.13. The van der Waals surface area contributed by atoms with E-state index >= 15 is 0 Å². The summed E-state index contributed by atoms with van der Waals surface area (Å²) in [5, 5.41) is 9.75. The molecule has 1 aliphatic heterocycles. The third-order valence-electron chi connectivity index (χ3n) is 5.21. The van der Waals surface area contributed by atoms with E-state index in [1.54, 1.807) is 14.2 Å². The second-order valence-electron chi connectivity index (χ2n) is 7.17. The van der Waals surface area contributed by atoms with E-state index in [1.165, 1.54) is 0 Å². The molecule has 27 heavy (non-hydrogen) atoms. The van der Waals surface area contributed by atoms with Gasteiger partial charge in [0, 0.05) is 18.2 Å². The van der Waals surface area contributed by atoms with Gasteiger partial charge in [-0.15, -0.1) is 0 Å². The Hall–Kier alpha value is -2.53. The van der Waals surface area contributed by atoms with E-state index in [0.717, 1.165) is 35.2 Å². The minimum atomic E-state index is -0.769. The molecule has 0 aliphatic carbocycles. The molecule has 2 aromatic rings. The third kappa shape index (κ3) is 3.93. The van der Waals surface area contributed by atoms with E-state index < -0.39 is 12.0 Å². The van der Waals surface area contributed by atoms with Gasteiger partial charge in [-0.3, -0.25) is 9.69 Å². The van der Waals surface area contributed by atoms with Gasteiger partial charge in [0.25, 0.3) is 0 Å². The van der Waals surface area contributed by atoms with Gasteiger partial charge in [-0.1, -0.05) is 29.3 Å². The number of rotatable bonds is 6. The largest absolute Gasteiger partial charge is 0.497 e. The molecule has 2 aromatic carbocycles. The van der Waals surface area contributed by atoms with Crippen molar-refractivity contribution >= 4 is 5.97 Å². The number of likely N-dealkylation sites (tertiary alicyclic amines) is 1. The summed E-state index contributed by atoms with van der Waals surface area (Å²) in [6, 6.07) is 11.5. The SMILES string of the molecule is COc1ccc(C(c2cc(C)cc(C)c2)N2CCCC2C(=O)O)c(OC)c1. The monoisotopic (exact) mass is 369 g/mol. The second kappa shape index (κ2) is 8.01. The number of ether oxygens (including phenoxy) is 2. The molecule has 144 valence electrons. The van der Waals surface area contributed by atoms with Gasteiger partial charge < -0.3 is 14.6 Å². The smallest absolute Gasteiger partial charge is 0.320 e. The Balaban J connectivity index is 2.17. The lowest BCUT2D eigenvalue weighted by molar-refractivity contribution is -0.142. The van der Waals surface area contributed by atoms with Crippen LogP contribution in [0.3, 0.4) is 0 Å². The minimum Gasteiger partial charge on any atom is -0.497 e. The average molecular weight is 369 g/mol. The van der Waals surface area contributed by atoms with Crippen LogP contribution in [-0.2, 0) is 4.79 Å². The van der Waals surface area contributed by atoms with Gasteiger partial charge in [-0.25, -0.2) is 0 Å². The topological polar surface area (TPSA) is 59.0 Å². The van der Waals surface area contributed by atoms with Crippen LogP contribution in [0.5, 0.6) is 11.5 Å². The Morgan fingerprint density at radius 1 is 1.11 bits per heavy atom. The minimum absolute atomic E-state index is 0.187. The highest BCUT2D eigenvalue weighted by molar-refractivity contribution is 5.74. The zero-order valence-corrected chi connectivity index (χ0v) is 16.4. The molecule has 0 amide bonds. The van der Waals surface area contributed by atoms with Crippen LogP contribution in [0.1, 0.15) is 41.1 Å². The first-order valence-corrected chi connectivity index (χ1v) is 9.23. The number of nitrogens with zero attached hydrogens (tertiary/aromatic N) is 1. The second-order valence-corrected chi connectivity index (χ2v) is 7.17. The highest BCUT2D eigenvalue weighted by Gasteiger charge is 2.38. The molecule has 0 radical (unpaired) electrons.